The van der Waals surface area contributed by atoms with E-state index in [0.717, 1.165) is 32.2 Å². The molecule has 0 saturated heterocycles. The highest BCUT2D eigenvalue weighted by Crippen LogP contribution is 2.31. The number of carbonyl (C=O) groups is 1. The molecule has 4 N–H and O–H groups in total. The van der Waals surface area contributed by atoms with Crippen molar-refractivity contribution in [2.45, 2.75) is 58.0 Å². The fourth-order valence-electron chi connectivity index (χ4n) is 2.49. The van der Waals surface area contributed by atoms with Crippen LogP contribution in [0.25, 0.3) is 0 Å². The molecule has 1 saturated carbocycles. The summed E-state index contributed by atoms with van der Waals surface area (Å²) in [5.41, 5.74) is 4.81. The molecule has 0 radical (unpaired) electrons. The summed E-state index contributed by atoms with van der Waals surface area (Å²) in [4.78, 5) is 11.9. The van der Waals surface area contributed by atoms with Gasteiger partial charge in [0.2, 0.25) is 5.91 Å². The van der Waals surface area contributed by atoms with E-state index in [1.807, 2.05) is 0 Å². The van der Waals surface area contributed by atoms with Crippen LogP contribution in [0, 0.1) is 11.8 Å². The molecule has 0 aliphatic heterocycles. The van der Waals surface area contributed by atoms with Crippen LogP contribution in [-0.2, 0) is 4.79 Å². The number of hydrogen-bond acceptors (Lipinski definition) is 3. The summed E-state index contributed by atoms with van der Waals surface area (Å²) in [7, 11) is 0. The lowest BCUT2D eigenvalue weighted by atomic mass is 9.78. The Kier molecular flexibility index (Phi) is 6.09. The van der Waals surface area contributed by atoms with Crippen LogP contribution in [0.2, 0.25) is 0 Å². The Labute approximate surface area is 110 Å². The van der Waals surface area contributed by atoms with E-state index in [0.29, 0.717) is 25.3 Å². The van der Waals surface area contributed by atoms with Gasteiger partial charge in [-0.15, -0.1) is 0 Å². The molecule has 4 heteroatoms. The summed E-state index contributed by atoms with van der Waals surface area (Å²) in [5.74, 6) is 0.907. The lowest BCUT2D eigenvalue weighted by Gasteiger charge is -2.34. The van der Waals surface area contributed by atoms with Gasteiger partial charge in [-0.05, 0) is 44.4 Å². The average Bonchev–Trinajstić information content (AvgIpc) is 2.35. The molecule has 0 aromatic carbocycles. The van der Waals surface area contributed by atoms with Crippen molar-refractivity contribution in [2.75, 3.05) is 13.1 Å². The Morgan fingerprint density at radius 1 is 1.44 bits per heavy atom. The van der Waals surface area contributed by atoms with Crippen LogP contribution in [0.1, 0.15) is 52.4 Å². The summed E-state index contributed by atoms with van der Waals surface area (Å²) >= 11 is 0. The fraction of sp³-hybridized carbons (Fsp3) is 0.929. The molecule has 106 valence electrons. The Balaban J connectivity index is 2.20. The number of aliphatic hydroxyl groups is 1. The average molecular weight is 256 g/mol. The molecule has 0 heterocycles. The zero-order valence-electron chi connectivity index (χ0n) is 11.7. The van der Waals surface area contributed by atoms with Crippen LogP contribution >= 0.6 is 0 Å². The fourth-order valence-corrected chi connectivity index (χ4v) is 2.49. The Morgan fingerprint density at radius 2 is 2.06 bits per heavy atom. The summed E-state index contributed by atoms with van der Waals surface area (Å²) in [6.45, 7) is 5.46. The molecule has 0 aromatic rings. The van der Waals surface area contributed by atoms with Gasteiger partial charge in [-0.2, -0.15) is 0 Å². The van der Waals surface area contributed by atoms with Crippen LogP contribution in [-0.4, -0.2) is 29.7 Å². The van der Waals surface area contributed by atoms with Gasteiger partial charge in [0.25, 0.3) is 0 Å². The van der Waals surface area contributed by atoms with E-state index >= 15 is 0 Å². The summed E-state index contributed by atoms with van der Waals surface area (Å²) < 4.78 is 0. The van der Waals surface area contributed by atoms with E-state index in [2.05, 4.69) is 19.2 Å². The molecule has 1 rings (SSSR count). The van der Waals surface area contributed by atoms with Crippen LogP contribution in [0.5, 0.6) is 0 Å². The van der Waals surface area contributed by atoms with Crippen molar-refractivity contribution in [1.29, 1.82) is 0 Å². The highest BCUT2D eigenvalue weighted by Gasteiger charge is 2.34. The lowest BCUT2D eigenvalue weighted by Crippen LogP contribution is -2.44. The third-order valence-electron chi connectivity index (χ3n) is 3.92. The second kappa shape index (κ2) is 7.10. The van der Waals surface area contributed by atoms with Gasteiger partial charge < -0.3 is 16.2 Å². The van der Waals surface area contributed by atoms with Gasteiger partial charge in [-0.3, -0.25) is 4.79 Å². The summed E-state index contributed by atoms with van der Waals surface area (Å²) in [6.07, 6.45) is 5.00. The normalized spacial score (nSPS) is 28.4. The van der Waals surface area contributed by atoms with Crippen molar-refractivity contribution >= 4 is 5.91 Å². The minimum atomic E-state index is -0.728. The van der Waals surface area contributed by atoms with Gasteiger partial charge >= 0.3 is 0 Å². The third-order valence-corrected chi connectivity index (χ3v) is 3.92. The molecule has 1 aliphatic rings. The molecule has 0 unspecified atom stereocenters. The largest absolute Gasteiger partial charge is 0.389 e. The van der Waals surface area contributed by atoms with Gasteiger partial charge in [0.05, 0.1) is 5.60 Å². The number of nitrogens with one attached hydrogen (secondary N) is 1. The van der Waals surface area contributed by atoms with Crippen molar-refractivity contribution in [1.82, 2.24) is 5.32 Å². The SMILES string of the molecule is CC(C)CCCNC(=O)C1CCC(O)(CN)CC1. The molecule has 4 nitrogen and oxygen atoms in total. The maximum Gasteiger partial charge on any atom is 0.223 e. The summed E-state index contributed by atoms with van der Waals surface area (Å²) in [6, 6.07) is 0. The second-order valence-electron chi connectivity index (χ2n) is 6.03. The highest BCUT2D eigenvalue weighted by atomic mass is 16.3. The highest BCUT2D eigenvalue weighted by molar-refractivity contribution is 5.78. The summed E-state index contributed by atoms with van der Waals surface area (Å²) in [5, 5.41) is 13.0. The first-order valence-electron chi connectivity index (χ1n) is 7.17. The topological polar surface area (TPSA) is 75.3 Å². The minimum Gasteiger partial charge on any atom is -0.389 e. The number of carbonyl (C=O) groups excluding carboxylic acids is 1. The van der Waals surface area contributed by atoms with Gasteiger partial charge in [0.15, 0.2) is 0 Å². The van der Waals surface area contributed by atoms with Crippen molar-refractivity contribution in [3.63, 3.8) is 0 Å². The smallest absolute Gasteiger partial charge is 0.223 e. The molecule has 0 spiro atoms. The number of hydrogen-bond donors (Lipinski definition) is 3. The van der Waals surface area contributed by atoms with Crippen molar-refractivity contribution in [3.8, 4) is 0 Å². The lowest BCUT2D eigenvalue weighted by molar-refractivity contribution is -0.127. The number of amides is 1. The Morgan fingerprint density at radius 3 is 2.56 bits per heavy atom. The third kappa shape index (κ3) is 4.94. The van der Waals surface area contributed by atoms with Crippen LogP contribution in [0.4, 0.5) is 0 Å². The molecular formula is C14H28N2O2. The maximum atomic E-state index is 11.9. The zero-order valence-corrected chi connectivity index (χ0v) is 11.7. The van der Waals surface area contributed by atoms with Crippen LogP contribution in [0.15, 0.2) is 0 Å². The van der Waals surface area contributed by atoms with E-state index in [1.165, 1.54) is 0 Å². The van der Waals surface area contributed by atoms with E-state index < -0.39 is 5.60 Å². The van der Waals surface area contributed by atoms with Gasteiger partial charge in [0.1, 0.15) is 0 Å². The number of nitrogens with two attached hydrogens (primary N) is 1. The maximum absolute atomic E-state index is 11.9. The Hall–Kier alpha value is -0.610. The molecule has 1 amide bonds. The monoisotopic (exact) mass is 256 g/mol. The second-order valence-corrected chi connectivity index (χ2v) is 6.03. The van der Waals surface area contributed by atoms with Gasteiger partial charge in [-0.1, -0.05) is 13.8 Å². The molecule has 0 aromatic heterocycles. The first-order valence-corrected chi connectivity index (χ1v) is 7.17. The van der Waals surface area contributed by atoms with E-state index in [1.54, 1.807) is 0 Å². The quantitative estimate of drug-likeness (QED) is 0.629. The molecule has 0 bridgehead atoms. The van der Waals surface area contributed by atoms with E-state index in [4.69, 9.17) is 5.73 Å². The van der Waals surface area contributed by atoms with E-state index in [9.17, 15) is 9.90 Å². The zero-order chi connectivity index (χ0) is 13.6. The van der Waals surface area contributed by atoms with Crippen LogP contribution in [0.3, 0.4) is 0 Å². The predicted molar refractivity (Wildman–Crippen MR) is 73.0 cm³/mol. The first-order chi connectivity index (χ1) is 8.47. The standard InChI is InChI=1S/C14H28N2O2/c1-11(2)4-3-9-16-13(17)12-5-7-14(18,10-15)8-6-12/h11-12,18H,3-10,15H2,1-2H3,(H,16,17). The predicted octanol–water partition coefficient (Wildman–Crippen LogP) is 1.42. The van der Waals surface area contributed by atoms with Gasteiger partial charge in [0, 0.05) is 19.0 Å². The molecule has 18 heavy (non-hydrogen) atoms. The molecule has 1 fully saturated rings. The Bertz CT molecular complexity index is 259. The minimum absolute atomic E-state index is 0.0656. The molecular weight excluding hydrogens is 228 g/mol. The molecule has 1 aliphatic carbocycles. The van der Waals surface area contributed by atoms with Crippen molar-refractivity contribution in [2.24, 2.45) is 17.6 Å². The van der Waals surface area contributed by atoms with E-state index in [-0.39, 0.29) is 11.8 Å². The van der Waals surface area contributed by atoms with Gasteiger partial charge in [-0.25, -0.2) is 0 Å². The van der Waals surface area contributed by atoms with Crippen molar-refractivity contribution < 1.29 is 9.90 Å². The van der Waals surface area contributed by atoms with Crippen molar-refractivity contribution in [3.05, 3.63) is 0 Å². The number of rotatable bonds is 6. The molecule has 0 atom stereocenters. The first kappa shape index (κ1) is 15.4. The van der Waals surface area contributed by atoms with Crippen LogP contribution < -0.4 is 11.1 Å².